The van der Waals surface area contributed by atoms with Gasteiger partial charge < -0.3 is 25.2 Å². The highest BCUT2D eigenvalue weighted by atomic mass is 35.5. The van der Waals surface area contributed by atoms with E-state index in [0.29, 0.717) is 37.3 Å². The van der Waals surface area contributed by atoms with E-state index >= 15 is 0 Å². The lowest BCUT2D eigenvalue weighted by atomic mass is 9.91. The normalized spacial score (nSPS) is 27.0. The number of hydrogen-bond donors (Lipinski definition) is 3. The van der Waals surface area contributed by atoms with Gasteiger partial charge in [0.15, 0.2) is 0 Å². The summed E-state index contributed by atoms with van der Waals surface area (Å²) in [5, 5.41) is 16.8. The van der Waals surface area contributed by atoms with Gasteiger partial charge in [-0.3, -0.25) is 4.79 Å². The minimum absolute atomic E-state index is 0.0608. The van der Waals surface area contributed by atoms with Crippen LogP contribution in [0.25, 0.3) is 0 Å². The third-order valence-corrected chi connectivity index (χ3v) is 8.21. The molecular formula is C27H31ClFN5O3. The molecule has 3 N–H and O–H groups in total. The van der Waals surface area contributed by atoms with E-state index in [1.807, 2.05) is 13.8 Å². The fourth-order valence-corrected chi connectivity index (χ4v) is 6.30. The van der Waals surface area contributed by atoms with Crippen molar-refractivity contribution in [1.29, 1.82) is 0 Å². The van der Waals surface area contributed by atoms with Crippen molar-refractivity contribution in [3.05, 3.63) is 46.8 Å². The Hall–Kier alpha value is -3.09. The zero-order chi connectivity index (χ0) is 26.5. The fraction of sp³-hybridized carbons (Fsp3) is 0.519. The summed E-state index contributed by atoms with van der Waals surface area (Å²) in [6.45, 7) is 4.99. The molecule has 2 heterocycles. The van der Waals surface area contributed by atoms with Crippen LogP contribution >= 0.6 is 11.6 Å². The first-order chi connectivity index (χ1) is 17.5. The molecule has 3 amide bonds. The molecule has 37 heavy (non-hydrogen) atoms. The minimum atomic E-state index is -1.08. The zero-order valence-electron chi connectivity index (χ0n) is 21.1. The minimum Gasteiger partial charge on any atom is -0.378 e. The SMILES string of the molecule is Cn1cnc(C2CC3CC(O)(C#CC(C)(C)N4CCNC4=O)CC3C2)c1C(=O)Nc1ccc(F)c(Cl)c1. The molecule has 1 aromatic heterocycles. The third kappa shape index (κ3) is 4.92. The summed E-state index contributed by atoms with van der Waals surface area (Å²) in [5.74, 6) is 6.04. The van der Waals surface area contributed by atoms with Gasteiger partial charge in [-0.2, -0.15) is 0 Å². The standard InChI is InChI=1S/C27H31ClFN5O3/c1-26(2,34-9-8-30-25(34)36)6-7-27(37)13-17-10-16(11-18(17)14-27)22-23(33(3)15-31-22)24(35)32-19-4-5-21(29)20(28)12-19/h4-5,12,15-18,37H,8-11,13-14H2,1-3H3,(H,30,36)(H,32,35). The van der Waals surface area contributed by atoms with Crippen LogP contribution in [0.1, 0.15) is 61.6 Å². The maximum atomic E-state index is 13.5. The number of carbonyl (C=O) groups is 2. The monoisotopic (exact) mass is 527 g/mol. The Bertz CT molecular complexity index is 1300. The number of rotatable bonds is 4. The van der Waals surface area contributed by atoms with Crippen LogP contribution in [0.5, 0.6) is 0 Å². The second-order valence-corrected chi connectivity index (χ2v) is 11.4. The van der Waals surface area contributed by atoms with Gasteiger partial charge in [-0.15, -0.1) is 0 Å². The number of amides is 3. The predicted molar refractivity (Wildman–Crippen MR) is 138 cm³/mol. The lowest BCUT2D eigenvalue weighted by molar-refractivity contribution is 0.0972. The first-order valence-corrected chi connectivity index (χ1v) is 12.9. The van der Waals surface area contributed by atoms with E-state index in [4.69, 9.17) is 11.6 Å². The molecule has 2 aliphatic carbocycles. The predicted octanol–water partition coefficient (Wildman–Crippen LogP) is 3.91. The molecule has 2 atom stereocenters. The molecule has 3 aliphatic rings. The van der Waals surface area contributed by atoms with E-state index in [2.05, 4.69) is 27.5 Å². The molecule has 1 saturated heterocycles. The maximum absolute atomic E-state index is 13.5. The van der Waals surface area contributed by atoms with Gasteiger partial charge in [-0.1, -0.05) is 23.4 Å². The van der Waals surface area contributed by atoms with Crippen LogP contribution < -0.4 is 10.6 Å². The zero-order valence-corrected chi connectivity index (χ0v) is 21.9. The molecular weight excluding hydrogens is 497 g/mol. The summed E-state index contributed by atoms with van der Waals surface area (Å²) in [5.41, 5.74) is -0.143. The Morgan fingerprint density at radius 1 is 1.32 bits per heavy atom. The van der Waals surface area contributed by atoms with Crippen LogP contribution in [0.4, 0.5) is 14.9 Å². The molecule has 0 radical (unpaired) electrons. The summed E-state index contributed by atoms with van der Waals surface area (Å²) < 4.78 is 15.2. The van der Waals surface area contributed by atoms with Gasteiger partial charge in [0.2, 0.25) is 0 Å². The molecule has 196 valence electrons. The number of aliphatic hydroxyl groups is 1. The maximum Gasteiger partial charge on any atom is 0.318 e. The highest BCUT2D eigenvalue weighted by molar-refractivity contribution is 6.31. The highest BCUT2D eigenvalue weighted by Gasteiger charge is 2.49. The van der Waals surface area contributed by atoms with E-state index in [9.17, 15) is 19.1 Å². The van der Waals surface area contributed by atoms with Crippen molar-refractivity contribution in [2.24, 2.45) is 18.9 Å². The number of carbonyl (C=O) groups excluding carboxylic acids is 2. The van der Waals surface area contributed by atoms with Crippen molar-refractivity contribution in [3.8, 4) is 11.8 Å². The van der Waals surface area contributed by atoms with E-state index in [0.717, 1.165) is 18.5 Å². The average molecular weight is 528 g/mol. The lowest BCUT2D eigenvalue weighted by Gasteiger charge is -2.30. The number of hydrogen-bond acceptors (Lipinski definition) is 4. The quantitative estimate of drug-likeness (QED) is 0.525. The van der Waals surface area contributed by atoms with Crippen molar-refractivity contribution in [2.75, 3.05) is 18.4 Å². The number of benzene rings is 1. The molecule has 3 fully saturated rings. The molecule has 0 bridgehead atoms. The molecule has 2 aromatic rings. The van der Waals surface area contributed by atoms with Crippen LogP contribution in [0.3, 0.4) is 0 Å². The number of aromatic nitrogens is 2. The number of anilines is 1. The van der Waals surface area contributed by atoms with Crippen molar-refractivity contribution in [1.82, 2.24) is 19.8 Å². The molecule has 0 spiro atoms. The number of fused-ring (bicyclic) bond motifs is 1. The Balaban J connectivity index is 1.27. The van der Waals surface area contributed by atoms with Crippen LogP contribution in [0, 0.1) is 29.5 Å². The van der Waals surface area contributed by atoms with Gasteiger partial charge >= 0.3 is 6.03 Å². The van der Waals surface area contributed by atoms with Gasteiger partial charge in [0.25, 0.3) is 5.91 Å². The number of nitrogens with one attached hydrogen (secondary N) is 2. The second kappa shape index (κ2) is 9.34. The number of imidazole rings is 1. The number of halogens is 2. The van der Waals surface area contributed by atoms with E-state index in [1.165, 1.54) is 18.2 Å². The van der Waals surface area contributed by atoms with Crippen molar-refractivity contribution >= 4 is 29.2 Å². The summed E-state index contributed by atoms with van der Waals surface area (Å²) in [7, 11) is 1.77. The number of urea groups is 1. The summed E-state index contributed by atoms with van der Waals surface area (Å²) >= 11 is 5.86. The summed E-state index contributed by atoms with van der Waals surface area (Å²) in [6.07, 6.45) is 4.38. The van der Waals surface area contributed by atoms with Crippen LogP contribution in [-0.4, -0.2) is 55.7 Å². The van der Waals surface area contributed by atoms with Gasteiger partial charge in [-0.25, -0.2) is 14.2 Å². The third-order valence-electron chi connectivity index (χ3n) is 7.92. The van der Waals surface area contributed by atoms with Crippen LogP contribution in [-0.2, 0) is 7.05 Å². The average Bonchev–Trinajstić information content (AvgIpc) is 3.58. The van der Waals surface area contributed by atoms with E-state index < -0.39 is 17.0 Å². The fourth-order valence-electron chi connectivity index (χ4n) is 6.12. The van der Waals surface area contributed by atoms with E-state index in [1.54, 1.807) is 22.8 Å². The number of nitrogens with zero attached hydrogens (tertiary/aromatic N) is 3. The molecule has 5 rings (SSSR count). The Morgan fingerprint density at radius 2 is 2.03 bits per heavy atom. The second-order valence-electron chi connectivity index (χ2n) is 11.0. The summed E-state index contributed by atoms with van der Waals surface area (Å²) in [4.78, 5) is 31.4. The smallest absolute Gasteiger partial charge is 0.318 e. The van der Waals surface area contributed by atoms with Crippen molar-refractivity contribution < 1.29 is 19.1 Å². The van der Waals surface area contributed by atoms with Crippen molar-refractivity contribution in [3.63, 3.8) is 0 Å². The molecule has 1 aliphatic heterocycles. The van der Waals surface area contributed by atoms with Crippen LogP contribution in [0.2, 0.25) is 5.02 Å². The van der Waals surface area contributed by atoms with Gasteiger partial charge in [0.05, 0.1) is 17.0 Å². The highest BCUT2D eigenvalue weighted by Crippen LogP contribution is 2.53. The van der Waals surface area contributed by atoms with Gasteiger partial charge in [-0.05, 0) is 69.6 Å². The first kappa shape index (κ1) is 25.6. The largest absolute Gasteiger partial charge is 0.378 e. The van der Waals surface area contributed by atoms with E-state index in [-0.39, 0.29) is 34.7 Å². The lowest BCUT2D eigenvalue weighted by Crippen LogP contribution is -2.45. The van der Waals surface area contributed by atoms with Crippen LogP contribution in [0.15, 0.2) is 24.5 Å². The topological polar surface area (TPSA) is 99.5 Å². The molecule has 2 saturated carbocycles. The molecule has 10 heteroatoms. The molecule has 1 aromatic carbocycles. The Kier molecular flexibility index (Phi) is 6.45. The van der Waals surface area contributed by atoms with Gasteiger partial charge in [0.1, 0.15) is 22.7 Å². The first-order valence-electron chi connectivity index (χ1n) is 12.6. The van der Waals surface area contributed by atoms with Crippen molar-refractivity contribution in [2.45, 2.75) is 56.6 Å². The Labute approximate surface area is 220 Å². The molecule has 8 nitrogen and oxygen atoms in total. The Morgan fingerprint density at radius 3 is 2.65 bits per heavy atom. The van der Waals surface area contributed by atoms with Gasteiger partial charge in [0, 0.05) is 31.7 Å². The molecule has 2 unspecified atom stereocenters. The summed E-state index contributed by atoms with van der Waals surface area (Å²) in [6, 6.07) is 3.93. The number of aryl methyl sites for hydroxylation is 1.